The number of fused-ring (bicyclic) bond motifs is 1. The highest BCUT2D eigenvalue weighted by molar-refractivity contribution is 5.47. The maximum absolute atomic E-state index is 5.97. The van der Waals surface area contributed by atoms with Crippen molar-refractivity contribution in [2.45, 2.75) is 32.8 Å². The predicted octanol–water partition coefficient (Wildman–Crippen LogP) is 2.71. The van der Waals surface area contributed by atoms with E-state index in [1.54, 1.807) is 0 Å². The lowest BCUT2D eigenvalue weighted by atomic mass is 10.1. The number of aromatic nitrogens is 2. The normalized spacial score (nSPS) is 16.9. The van der Waals surface area contributed by atoms with Crippen molar-refractivity contribution in [3.05, 3.63) is 41.2 Å². The molecule has 2 aromatic rings. The van der Waals surface area contributed by atoms with E-state index < -0.39 is 0 Å². The van der Waals surface area contributed by atoms with Gasteiger partial charge < -0.3 is 10.1 Å². The summed E-state index contributed by atoms with van der Waals surface area (Å²) >= 11 is 0. The number of hydrogen-bond donors (Lipinski definition) is 1. The summed E-state index contributed by atoms with van der Waals surface area (Å²) < 4.78 is 7.83. The van der Waals surface area contributed by atoms with Gasteiger partial charge in [0.25, 0.3) is 0 Å². The Morgan fingerprint density at radius 2 is 2.30 bits per heavy atom. The van der Waals surface area contributed by atoms with Crippen molar-refractivity contribution in [1.82, 2.24) is 9.78 Å². The van der Waals surface area contributed by atoms with Crippen molar-refractivity contribution in [2.75, 3.05) is 11.9 Å². The topological polar surface area (TPSA) is 39.1 Å². The van der Waals surface area contributed by atoms with Crippen LogP contribution in [0.25, 0.3) is 0 Å². The van der Waals surface area contributed by atoms with Gasteiger partial charge >= 0.3 is 0 Å². The van der Waals surface area contributed by atoms with Crippen molar-refractivity contribution >= 4 is 5.69 Å². The first-order chi connectivity index (χ1) is 9.65. The average Bonchev–Trinajstić information content (AvgIpc) is 2.98. The lowest BCUT2D eigenvalue weighted by molar-refractivity contribution is 0.246. The molecule has 1 aromatic heterocycles. The van der Waals surface area contributed by atoms with Gasteiger partial charge in [0, 0.05) is 19.7 Å². The Balaban J connectivity index is 1.63. The zero-order valence-corrected chi connectivity index (χ0v) is 12.3. The number of hydrogen-bond acceptors (Lipinski definition) is 3. The minimum absolute atomic E-state index is 0.205. The first kappa shape index (κ1) is 13.0. The van der Waals surface area contributed by atoms with Gasteiger partial charge in [-0.15, -0.1) is 0 Å². The number of ether oxygens (including phenoxy) is 1. The van der Waals surface area contributed by atoms with Gasteiger partial charge in [0.2, 0.25) is 0 Å². The molecule has 1 N–H and O–H groups in total. The molecule has 1 aliphatic rings. The molecule has 0 spiro atoms. The lowest BCUT2D eigenvalue weighted by Crippen LogP contribution is -2.24. The van der Waals surface area contributed by atoms with E-state index >= 15 is 0 Å². The molecule has 1 atom stereocenters. The minimum Gasteiger partial charge on any atom is -0.488 e. The fourth-order valence-corrected chi connectivity index (χ4v) is 2.73. The van der Waals surface area contributed by atoms with Crippen LogP contribution in [0.2, 0.25) is 0 Å². The van der Waals surface area contributed by atoms with Crippen LogP contribution in [-0.4, -0.2) is 22.4 Å². The summed E-state index contributed by atoms with van der Waals surface area (Å²) in [6, 6.07) is 6.40. The maximum Gasteiger partial charge on any atom is 0.123 e. The van der Waals surface area contributed by atoms with E-state index in [1.807, 2.05) is 17.9 Å². The number of aryl methyl sites for hydroxylation is 3. The molecular weight excluding hydrogens is 250 g/mol. The van der Waals surface area contributed by atoms with E-state index in [2.05, 4.69) is 42.5 Å². The molecule has 20 heavy (non-hydrogen) atoms. The van der Waals surface area contributed by atoms with E-state index in [4.69, 9.17) is 4.74 Å². The van der Waals surface area contributed by atoms with E-state index in [1.165, 1.54) is 11.1 Å². The number of rotatable bonds is 4. The Labute approximate surface area is 119 Å². The standard InChI is InChI=1S/C16H21N3O/c1-4-14-15(10-19(3)18-14)17-9-13-8-12-7-11(2)5-6-16(12)20-13/h5-7,10,13,17H,4,8-9H2,1-3H3. The highest BCUT2D eigenvalue weighted by Gasteiger charge is 2.22. The van der Waals surface area contributed by atoms with Crippen LogP contribution in [0.5, 0.6) is 5.75 Å². The van der Waals surface area contributed by atoms with Gasteiger partial charge in [-0.3, -0.25) is 4.68 Å². The fourth-order valence-electron chi connectivity index (χ4n) is 2.73. The molecule has 2 heterocycles. The van der Waals surface area contributed by atoms with Crippen LogP contribution in [0, 0.1) is 6.92 Å². The lowest BCUT2D eigenvalue weighted by Gasteiger charge is -2.12. The molecule has 0 fully saturated rings. The molecule has 3 rings (SSSR count). The largest absolute Gasteiger partial charge is 0.488 e. The molecule has 0 bridgehead atoms. The molecule has 0 radical (unpaired) electrons. The maximum atomic E-state index is 5.97. The number of nitrogens with zero attached hydrogens (tertiary/aromatic N) is 2. The SMILES string of the molecule is CCc1nn(C)cc1NCC1Cc2cc(C)ccc2O1. The molecule has 1 aromatic carbocycles. The van der Waals surface area contributed by atoms with Gasteiger partial charge in [-0.2, -0.15) is 5.10 Å². The Kier molecular flexibility index (Phi) is 3.38. The number of benzene rings is 1. The molecule has 1 aliphatic heterocycles. The average molecular weight is 271 g/mol. The van der Waals surface area contributed by atoms with Crippen LogP contribution in [-0.2, 0) is 19.9 Å². The molecule has 1 unspecified atom stereocenters. The molecule has 0 saturated carbocycles. The molecule has 106 valence electrons. The highest BCUT2D eigenvalue weighted by atomic mass is 16.5. The fraction of sp³-hybridized carbons (Fsp3) is 0.438. The minimum atomic E-state index is 0.205. The van der Waals surface area contributed by atoms with E-state index in [-0.39, 0.29) is 6.10 Å². The van der Waals surface area contributed by atoms with Crippen LogP contribution in [0.4, 0.5) is 5.69 Å². The number of anilines is 1. The zero-order valence-electron chi connectivity index (χ0n) is 12.3. The van der Waals surface area contributed by atoms with Crippen molar-refractivity contribution in [1.29, 1.82) is 0 Å². The van der Waals surface area contributed by atoms with Gasteiger partial charge in [0.05, 0.1) is 17.9 Å². The van der Waals surface area contributed by atoms with Crippen LogP contribution in [0.3, 0.4) is 0 Å². The second kappa shape index (κ2) is 5.19. The molecule has 4 heteroatoms. The van der Waals surface area contributed by atoms with Gasteiger partial charge in [0.1, 0.15) is 11.9 Å². The molecule has 0 saturated heterocycles. The van der Waals surface area contributed by atoms with E-state index in [0.29, 0.717) is 0 Å². The summed E-state index contributed by atoms with van der Waals surface area (Å²) in [5.41, 5.74) is 4.84. The highest BCUT2D eigenvalue weighted by Crippen LogP contribution is 2.29. The first-order valence-electron chi connectivity index (χ1n) is 7.18. The van der Waals surface area contributed by atoms with Crippen molar-refractivity contribution in [2.24, 2.45) is 7.05 Å². The molecule has 4 nitrogen and oxygen atoms in total. The summed E-state index contributed by atoms with van der Waals surface area (Å²) in [6.07, 6.45) is 4.15. The smallest absolute Gasteiger partial charge is 0.123 e. The van der Waals surface area contributed by atoms with Crippen molar-refractivity contribution in [3.8, 4) is 5.75 Å². The summed E-state index contributed by atoms with van der Waals surface area (Å²) in [5, 5.41) is 7.91. The Hall–Kier alpha value is -1.97. The van der Waals surface area contributed by atoms with Crippen LogP contribution >= 0.6 is 0 Å². The number of nitrogens with one attached hydrogen (secondary N) is 1. The third kappa shape index (κ3) is 2.50. The Morgan fingerprint density at radius 1 is 1.45 bits per heavy atom. The summed E-state index contributed by atoms with van der Waals surface area (Å²) in [7, 11) is 1.95. The van der Waals surface area contributed by atoms with Crippen molar-refractivity contribution in [3.63, 3.8) is 0 Å². The second-order valence-corrected chi connectivity index (χ2v) is 5.45. The quantitative estimate of drug-likeness (QED) is 0.929. The second-order valence-electron chi connectivity index (χ2n) is 5.45. The third-order valence-electron chi connectivity index (χ3n) is 3.72. The molecular formula is C16H21N3O. The van der Waals surface area contributed by atoms with E-state index in [9.17, 15) is 0 Å². The summed E-state index contributed by atoms with van der Waals surface area (Å²) in [5.74, 6) is 1.03. The van der Waals surface area contributed by atoms with Crippen LogP contribution in [0.15, 0.2) is 24.4 Å². The van der Waals surface area contributed by atoms with Crippen molar-refractivity contribution < 1.29 is 4.74 Å². The van der Waals surface area contributed by atoms with Gasteiger partial charge in [0.15, 0.2) is 0 Å². The summed E-state index contributed by atoms with van der Waals surface area (Å²) in [4.78, 5) is 0. The first-order valence-corrected chi connectivity index (χ1v) is 7.18. The predicted molar refractivity (Wildman–Crippen MR) is 80.4 cm³/mol. The molecule has 0 amide bonds. The van der Waals surface area contributed by atoms with Crippen LogP contribution in [0.1, 0.15) is 23.7 Å². The van der Waals surface area contributed by atoms with Gasteiger partial charge in [-0.1, -0.05) is 24.6 Å². The van der Waals surface area contributed by atoms with Crippen LogP contribution < -0.4 is 10.1 Å². The van der Waals surface area contributed by atoms with Gasteiger partial charge in [-0.05, 0) is 25.0 Å². The Morgan fingerprint density at radius 3 is 3.10 bits per heavy atom. The summed E-state index contributed by atoms with van der Waals surface area (Å²) in [6.45, 7) is 5.06. The zero-order chi connectivity index (χ0) is 14.1. The van der Waals surface area contributed by atoms with E-state index in [0.717, 1.165) is 36.5 Å². The molecule has 0 aliphatic carbocycles. The Bertz CT molecular complexity index is 618. The van der Waals surface area contributed by atoms with Gasteiger partial charge in [-0.25, -0.2) is 0 Å². The third-order valence-corrected chi connectivity index (χ3v) is 3.72. The monoisotopic (exact) mass is 271 g/mol.